The summed E-state index contributed by atoms with van der Waals surface area (Å²) in [6, 6.07) is 9.50. The molecule has 7 nitrogen and oxygen atoms in total. The predicted molar refractivity (Wildman–Crippen MR) is 167 cm³/mol. The molecule has 2 N–H and O–H groups in total. The van der Waals surface area contributed by atoms with E-state index in [9.17, 15) is 9.59 Å². The number of aromatic nitrogens is 2. The Morgan fingerprint density at radius 1 is 1.05 bits per heavy atom. The van der Waals surface area contributed by atoms with Crippen molar-refractivity contribution in [3.8, 4) is 11.1 Å². The fraction of sp³-hybridized carbons (Fsp3) is 0.455. The molecule has 8 heteroatoms. The first-order valence-corrected chi connectivity index (χ1v) is 15.1. The number of aryl methyl sites for hydroxylation is 1. The van der Waals surface area contributed by atoms with Crippen molar-refractivity contribution >= 4 is 29.2 Å². The number of anilines is 1. The van der Waals surface area contributed by atoms with Gasteiger partial charge in [0.25, 0.3) is 0 Å². The minimum Gasteiger partial charge on any atom is -0.476 e. The average molecular weight is 579 g/mol. The maximum Gasteiger partial charge on any atom is 0.356 e. The van der Waals surface area contributed by atoms with Gasteiger partial charge in [-0.1, -0.05) is 69.5 Å². The van der Waals surface area contributed by atoms with Gasteiger partial charge in [-0.05, 0) is 72.8 Å². The molecule has 0 fully saturated rings. The molecule has 220 valence electrons. The summed E-state index contributed by atoms with van der Waals surface area (Å²) in [6.45, 7) is 6.40. The topological polar surface area (TPSA) is 95.4 Å². The lowest BCUT2D eigenvalue weighted by atomic mass is 9.94. The van der Waals surface area contributed by atoms with E-state index >= 15 is 0 Å². The van der Waals surface area contributed by atoms with Gasteiger partial charge in [-0.25, -0.2) is 9.78 Å². The highest BCUT2D eigenvalue weighted by molar-refractivity contribution is 6.33. The molecule has 41 heavy (non-hydrogen) atoms. The number of pyridine rings is 2. The fourth-order valence-electron chi connectivity index (χ4n) is 5.01. The number of nitrogens with zero attached hydrogens (tertiary/aromatic N) is 3. The second-order valence-electron chi connectivity index (χ2n) is 10.6. The first kappa shape index (κ1) is 32.2. The largest absolute Gasteiger partial charge is 0.476 e. The second-order valence-corrected chi connectivity index (χ2v) is 11.0. The zero-order valence-corrected chi connectivity index (χ0v) is 25.3. The van der Waals surface area contributed by atoms with Crippen LogP contribution in [0, 0.1) is 6.92 Å². The summed E-state index contributed by atoms with van der Waals surface area (Å²) in [7, 11) is 1.87. The number of carbonyl (C=O) groups excluding carboxylic acids is 1. The van der Waals surface area contributed by atoms with Crippen molar-refractivity contribution in [1.82, 2.24) is 15.3 Å². The van der Waals surface area contributed by atoms with Crippen LogP contribution in [0.1, 0.15) is 91.9 Å². The van der Waals surface area contributed by atoms with E-state index in [-0.39, 0.29) is 16.6 Å². The molecule has 1 aliphatic rings. The molecule has 0 unspecified atom stereocenters. The number of nitrogens with one attached hydrogen (secondary N) is 1. The number of benzene rings is 1. The maximum atomic E-state index is 12.0. The van der Waals surface area contributed by atoms with Crippen LogP contribution in [0.4, 0.5) is 5.69 Å². The van der Waals surface area contributed by atoms with Gasteiger partial charge in [-0.2, -0.15) is 0 Å². The molecule has 1 aromatic carbocycles. The van der Waals surface area contributed by atoms with Gasteiger partial charge < -0.3 is 15.3 Å². The van der Waals surface area contributed by atoms with Crippen molar-refractivity contribution in [2.24, 2.45) is 0 Å². The molecular formula is C33H43ClN4O3. The van der Waals surface area contributed by atoms with Gasteiger partial charge in [0.05, 0.1) is 5.02 Å². The Morgan fingerprint density at radius 2 is 1.78 bits per heavy atom. The van der Waals surface area contributed by atoms with Gasteiger partial charge in [0, 0.05) is 49.9 Å². The molecule has 0 spiro atoms. The van der Waals surface area contributed by atoms with Crippen LogP contribution >= 0.6 is 11.6 Å². The lowest BCUT2D eigenvalue weighted by Crippen LogP contribution is -2.30. The minimum absolute atomic E-state index is 0.107. The third-order valence-corrected chi connectivity index (χ3v) is 7.84. The van der Waals surface area contributed by atoms with Crippen LogP contribution in [-0.2, 0) is 17.8 Å². The Balaban J connectivity index is 0.000000389. The number of carboxylic acid groups (broad SMARTS) is 1. The predicted octanol–water partition coefficient (Wildman–Crippen LogP) is 7.63. The Hall–Kier alpha value is -3.29. The number of rotatable bonds is 13. The summed E-state index contributed by atoms with van der Waals surface area (Å²) in [4.78, 5) is 32.1. The van der Waals surface area contributed by atoms with Gasteiger partial charge in [-0.3, -0.25) is 9.78 Å². The normalized spacial score (nSPS) is 12.5. The maximum absolute atomic E-state index is 12.0. The number of halogens is 1. The van der Waals surface area contributed by atoms with Crippen LogP contribution in [0.3, 0.4) is 0 Å². The second kappa shape index (κ2) is 16.8. The zero-order valence-electron chi connectivity index (χ0n) is 24.6. The number of carbonyl (C=O) groups is 2. The summed E-state index contributed by atoms with van der Waals surface area (Å²) in [5.74, 6) is -0.909. The summed E-state index contributed by atoms with van der Waals surface area (Å²) in [5, 5.41) is 12.2. The lowest BCUT2D eigenvalue weighted by molar-refractivity contribution is -0.118. The molecular weight excluding hydrogens is 536 g/mol. The summed E-state index contributed by atoms with van der Waals surface area (Å²) < 4.78 is 0. The van der Waals surface area contributed by atoms with Gasteiger partial charge in [0.1, 0.15) is 0 Å². The quantitative estimate of drug-likeness (QED) is 0.202. The van der Waals surface area contributed by atoms with Crippen LogP contribution in [-0.4, -0.2) is 40.5 Å². The molecule has 4 rings (SSSR count). The van der Waals surface area contributed by atoms with E-state index < -0.39 is 5.97 Å². The number of hydrogen-bond acceptors (Lipinski definition) is 5. The van der Waals surface area contributed by atoms with E-state index in [1.165, 1.54) is 91.4 Å². The van der Waals surface area contributed by atoms with E-state index in [1.807, 2.05) is 19.4 Å². The Morgan fingerprint density at radius 3 is 2.46 bits per heavy atom. The van der Waals surface area contributed by atoms with Gasteiger partial charge in [0.15, 0.2) is 5.69 Å². The first-order chi connectivity index (χ1) is 19.8. The van der Waals surface area contributed by atoms with Gasteiger partial charge in [-0.15, -0.1) is 0 Å². The molecule has 0 saturated heterocycles. The molecule has 0 saturated carbocycles. The Kier molecular flexibility index (Phi) is 13.2. The number of carboxylic acids is 1. The van der Waals surface area contributed by atoms with Crippen molar-refractivity contribution < 1.29 is 14.7 Å². The molecule has 1 aliphatic heterocycles. The van der Waals surface area contributed by atoms with Crippen molar-refractivity contribution in [3.05, 3.63) is 76.3 Å². The standard InChI is InChI=1S/C27H39N3O.C6H4ClNO2/c1-4-5-6-7-8-9-10-11-16-28-18-24-19-29-20-25(21(24)2)22-12-14-26-23(17-22)13-15-27(31)30(26)3;7-4-2-1-3-8-5(4)6(9)10/h12,14,17,19-20,28H,4-11,13,15-16,18H2,1-3H3;1-3H,(H,9,10). The first-order valence-electron chi connectivity index (χ1n) is 14.7. The van der Waals surface area contributed by atoms with Crippen molar-refractivity contribution in [3.63, 3.8) is 0 Å². The highest BCUT2D eigenvalue weighted by Crippen LogP contribution is 2.33. The van der Waals surface area contributed by atoms with E-state index in [4.69, 9.17) is 16.7 Å². The van der Waals surface area contributed by atoms with Crippen LogP contribution < -0.4 is 10.2 Å². The summed E-state index contributed by atoms with van der Waals surface area (Å²) in [5.41, 5.74) is 7.11. The highest BCUT2D eigenvalue weighted by Gasteiger charge is 2.21. The van der Waals surface area contributed by atoms with Crippen LogP contribution in [0.15, 0.2) is 48.9 Å². The molecule has 0 bridgehead atoms. The Labute approximate surface area is 249 Å². The molecule has 3 heterocycles. The number of unbranched alkanes of at least 4 members (excludes halogenated alkanes) is 7. The van der Waals surface area contributed by atoms with Gasteiger partial charge in [0.2, 0.25) is 5.91 Å². The van der Waals surface area contributed by atoms with Crippen LogP contribution in [0.25, 0.3) is 11.1 Å². The van der Waals surface area contributed by atoms with Crippen molar-refractivity contribution in [1.29, 1.82) is 0 Å². The molecule has 0 radical (unpaired) electrons. The SMILES string of the molecule is CCCCCCCCCCNCc1cncc(-c2ccc3c(c2)CCC(=O)N3C)c1C.O=C(O)c1ncccc1Cl. The lowest BCUT2D eigenvalue weighted by Gasteiger charge is -2.26. The third-order valence-electron chi connectivity index (χ3n) is 7.54. The summed E-state index contributed by atoms with van der Waals surface area (Å²) in [6.07, 6.45) is 17.6. The molecule has 1 amide bonds. The Bertz CT molecular complexity index is 1300. The van der Waals surface area contributed by atoms with E-state index in [0.29, 0.717) is 6.42 Å². The number of fused-ring (bicyclic) bond motifs is 1. The highest BCUT2D eigenvalue weighted by atomic mass is 35.5. The minimum atomic E-state index is -1.11. The van der Waals surface area contributed by atoms with Crippen LogP contribution in [0.5, 0.6) is 0 Å². The summed E-state index contributed by atoms with van der Waals surface area (Å²) >= 11 is 5.48. The van der Waals surface area contributed by atoms with Crippen molar-refractivity contribution in [2.75, 3.05) is 18.5 Å². The number of aromatic carboxylic acids is 1. The van der Waals surface area contributed by atoms with Crippen molar-refractivity contribution in [2.45, 2.75) is 84.6 Å². The van der Waals surface area contributed by atoms with Gasteiger partial charge >= 0.3 is 5.97 Å². The van der Waals surface area contributed by atoms with Crippen LogP contribution in [0.2, 0.25) is 5.02 Å². The van der Waals surface area contributed by atoms with E-state index in [0.717, 1.165) is 25.2 Å². The fourth-order valence-corrected chi connectivity index (χ4v) is 5.21. The molecule has 0 aliphatic carbocycles. The molecule has 2 aromatic heterocycles. The smallest absolute Gasteiger partial charge is 0.356 e. The number of amides is 1. The molecule has 3 aromatic rings. The number of hydrogen-bond donors (Lipinski definition) is 2. The zero-order chi connectivity index (χ0) is 29.6. The average Bonchev–Trinajstić information content (AvgIpc) is 2.97. The van der Waals surface area contributed by atoms with E-state index in [2.05, 4.69) is 47.3 Å². The monoisotopic (exact) mass is 578 g/mol. The molecule has 0 atom stereocenters. The third kappa shape index (κ3) is 9.65. The van der Waals surface area contributed by atoms with E-state index in [1.54, 1.807) is 11.0 Å².